The minimum atomic E-state index is 0.494. The summed E-state index contributed by atoms with van der Waals surface area (Å²) in [4.78, 5) is 4.04. The van der Waals surface area contributed by atoms with Gasteiger partial charge in [-0.05, 0) is 42.8 Å². The monoisotopic (exact) mass is 327 g/mol. The number of imidazole rings is 1. The van der Waals surface area contributed by atoms with E-state index in [1.807, 2.05) is 35.0 Å². The number of hydrogen-bond acceptors (Lipinski definition) is 3. The number of nitrogens with zero attached hydrogens (tertiary/aromatic N) is 3. The fourth-order valence-electron chi connectivity index (χ4n) is 2.77. The maximum atomic E-state index is 5.28. The SMILES string of the molecule is S=C(N/N=C/c1ccc(-n2ccnc2)cc1)NC1CCCCC1. The Balaban J connectivity index is 1.48. The topological polar surface area (TPSA) is 54.2 Å². The molecule has 0 unspecified atom stereocenters. The van der Waals surface area contributed by atoms with Crippen molar-refractivity contribution in [2.75, 3.05) is 0 Å². The lowest BCUT2D eigenvalue weighted by Gasteiger charge is -2.23. The zero-order valence-corrected chi connectivity index (χ0v) is 13.8. The number of hydrazone groups is 1. The van der Waals surface area contributed by atoms with Crippen molar-refractivity contribution < 1.29 is 0 Å². The third kappa shape index (κ3) is 4.63. The molecule has 2 N–H and O–H groups in total. The van der Waals surface area contributed by atoms with E-state index < -0.39 is 0 Å². The highest BCUT2D eigenvalue weighted by molar-refractivity contribution is 7.80. The summed E-state index contributed by atoms with van der Waals surface area (Å²) < 4.78 is 1.96. The molecule has 2 aromatic rings. The standard InChI is InChI=1S/C17H21N5S/c23-17(20-15-4-2-1-3-5-15)21-19-12-14-6-8-16(9-7-14)22-11-10-18-13-22/h6-13,15H,1-5H2,(H2,20,21,23)/b19-12+. The first-order valence-electron chi connectivity index (χ1n) is 7.99. The smallest absolute Gasteiger partial charge is 0.187 e. The molecule has 1 aliphatic rings. The van der Waals surface area contributed by atoms with Gasteiger partial charge in [-0.2, -0.15) is 5.10 Å². The summed E-state index contributed by atoms with van der Waals surface area (Å²) in [5, 5.41) is 8.13. The van der Waals surface area contributed by atoms with E-state index in [0.29, 0.717) is 11.2 Å². The van der Waals surface area contributed by atoms with Gasteiger partial charge in [-0.1, -0.05) is 31.4 Å². The maximum absolute atomic E-state index is 5.28. The molecule has 0 atom stereocenters. The molecule has 0 spiro atoms. The Bertz CT molecular complexity index is 642. The van der Waals surface area contributed by atoms with Crippen LogP contribution in [-0.4, -0.2) is 26.9 Å². The molecule has 1 heterocycles. The van der Waals surface area contributed by atoms with E-state index in [-0.39, 0.29) is 0 Å². The van der Waals surface area contributed by atoms with Crippen LogP contribution < -0.4 is 10.7 Å². The van der Waals surface area contributed by atoms with E-state index >= 15 is 0 Å². The zero-order valence-electron chi connectivity index (χ0n) is 13.0. The lowest BCUT2D eigenvalue weighted by Crippen LogP contribution is -2.40. The van der Waals surface area contributed by atoms with Crippen LogP contribution in [0.4, 0.5) is 0 Å². The molecule has 0 bridgehead atoms. The largest absolute Gasteiger partial charge is 0.359 e. The highest BCUT2D eigenvalue weighted by atomic mass is 32.1. The first kappa shape index (κ1) is 15.7. The Hall–Kier alpha value is -2.21. The minimum Gasteiger partial charge on any atom is -0.359 e. The molecule has 6 heteroatoms. The van der Waals surface area contributed by atoms with E-state index in [0.717, 1.165) is 11.3 Å². The lowest BCUT2D eigenvalue weighted by atomic mass is 9.96. The average Bonchev–Trinajstić information content (AvgIpc) is 3.11. The molecule has 1 aromatic carbocycles. The quantitative estimate of drug-likeness (QED) is 0.515. The van der Waals surface area contributed by atoms with Crippen molar-refractivity contribution >= 4 is 23.5 Å². The van der Waals surface area contributed by atoms with Crippen LogP contribution in [-0.2, 0) is 0 Å². The van der Waals surface area contributed by atoms with Crippen LogP contribution in [0.1, 0.15) is 37.7 Å². The van der Waals surface area contributed by atoms with Gasteiger partial charge in [-0.25, -0.2) is 4.98 Å². The molecule has 0 amide bonds. The predicted octanol–water partition coefficient (Wildman–Crippen LogP) is 3.00. The first-order valence-corrected chi connectivity index (χ1v) is 8.40. The Morgan fingerprint density at radius 3 is 2.70 bits per heavy atom. The summed E-state index contributed by atoms with van der Waals surface area (Å²) >= 11 is 5.28. The second kappa shape index (κ2) is 7.87. The number of benzene rings is 1. The van der Waals surface area contributed by atoms with Gasteiger partial charge in [0.2, 0.25) is 0 Å². The van der Waals surface area contributed by atoms with Crippen molar-refractivity contribution in [1.82, 2.24) is 20.3 Å². The summed E-state index contributed by atoms with van der Waals surface area (Å²) in [5.74, 6) is 0. The molecule has 3 rings (SSSR count). The molecule has 1 aromatic heterocycles. The third-order valence-electron chi connectivity index (χ3n) is 4.02. The molecule has 23 heavy (non-hydrogen) atoms. The number of thiocarbonyl (C=S) groups is 1. The van der Waals surface area contributed by atoms with E-state index in [4.69, 9.17) is 12.2 Å². The van der Waals surface area contributed by atoms with E-state index in [1.165, 1.54) is 32.1 Å². The third-order valence-corrected chi connectivity index (χ3v) is 4.22. The number of hydrogen-bond donors (Lipinski definition) is 2. The Morgan fingerprint density at radius 2 is 2.00 bits per heavy atom. The number of aromatic nitrogens is 2. The van der Waals surface area contributed by atoms with Gasteiger partial charge in [0.25, 0.3) is 0 Å². The summed E-state index contributed by atoms with van der Waals surface area (Å²) in [6.45, 7) is 0. The second-order valence-electron chi connectivity index (χ2n) is 5.74. The van der Waals surface area contributed by atoms with Gasteiger partial charge in [0.1, 0.15) is 0 Å². The molecule has 1 saturated carbocycles. The predicted molar refractivity (Wildman–Crippen MR) is 96.9 cm³/mol. The molecular weight excluding hydrogens is 306 g/mol. The average molecular weight is 327 g/mol. The highest BCUT2D eigenvalue weighted by Gasteiger charge is 2.13. The summed E-state index contributed by atoms with van der Waals surface area (Å²) in [6.07, 6.45) is 13.5. The van der Waals surface area contributed by atoms with E-state index in [2.05, 4.69) is 20.8 Å². The van der Waals surface area contributed by atoms with Crippen LogP contribution in [0.25, 0.3) is 5.69 Å². The zero-order chi connectivity index (χ0) is 15.9. The van der Waals surface area contributed by atoms with Crippen molar-refractivity contribution in [1.29, 1.82) is 0 Å². The van der Waals surface area contributed by atoms with Crippen LogP contribution >= 0.6 is 12.2 Å². The highest BCUT2D eigenvalue weighted by Crippen LogP contribution is 2.17. The van der Waals surface area contributed by atoms with Gasteiger partial charge >= 0.3 is 0 Å². The van der Waals surface area contributed by atoms with Gasteiger partial charge in [0.15, 0.2) is 5.11 Å². The maximum Gasteiger partial charge on any atom is 0.187 e. The molecule has 1 aliphatic carbocycles. The fraction of sp³-hybridized carbons (Fsp3) is 0.353. The second-order valence-corrected chi connectivity index (χ2v) is 6.15. The van der Waals surface area contributed by atoms with E-state index in [9.17, 15) is 0 Å². The van der Waals surface area contributed by atoms with Crippen LogP contribution in [0.2, 0.25) is 0 Å². The summed E-state index contributed by atoms with van der Waals surface area (Å²) in [5.41, 5.74) is 4.98. The van der Waals surface area contributed by atoms with Crippen molar-refractivity contribution in [3.63, 3.8) is 0 Å². The van der Waals surface area contributed by atoms with Crippen molar-refractivity contribution in [2.45, 2.75) is 38.1 Å². The number of nitrogens with one attached hydrogen (secondary N) is 2. The Labute approximate surface area is 141 Å². The van der Waals surface area contributed by atoms with Gasteiger partial charge in [-0.15, -0.1) is 0 Å². The fourth-order valence-corrected chi connectivity index (χ4v) is 2.99. The molecule has 120 valence electrons. The van der Waals surface area contributed by atoms with Crippen LogP contribution in [0.3, 0.4) is 0 Å². The van der Waals surface area contributed by atoms with Gasteiger partial charge in [0.05, 0.1) is 12.5 Å². The van der Waals surface area contributed by atoms with Gasteiger partial charge in [0, 0.05) is 24.1 Å². The molecule has 1 fully saturated rings. The normalized spacial score (nSPS) is 15.7. The molecule has 0 aliphatic heterocycles. The van der Waals surface area contributed by atoms with Crippen LogP contribution in [0, 0.1) is 0 Å². The van der Waals surface area contributed by atoms with Crippen molar-refractivity contribution in [2.24, 2.45) is 5.10 Å². The summed E-state index contributed by atoms with van der Waals surface area (Å²) in [7, 11) is 0. The van der Waals surface area contributed by atoms with Crippen molar-refractivity contribution in [3.8, 4) is 5.69 Å². The summed E-state index contributed by atoms with van der Waals surface area (Å²) in [6, 6.07) is 8.58. The minimum absolute atomic E-state index is 0.494. The number of rotatable bonds is 4. The van der Waals surface area contributed by atoms with Crippen LogP contribution in [0.5, 0.6) is 0 Å². The Morgan fingerprint density at radius 1 is 1.22 bits per heavy atom. The van der Waals surface area contributed by atoms with Gasteiger partial charge in [-0.3, -0.25) is 5.43 Å². The molecule has 0 saturated heterocycles. The molecule has 0 radical (unpaired) electrons. The van der Waals surface area contributed by atoms with Crippen LogP contribution in [0.15, 0.2) is 48.1 Å². The lowest BCUT2D eigenvalue weighted by molar-refractivity contribution is 0.412. The van der Waals surface area contributed by atoms with Gasteiger partial charge < -0.3 is 9.88 Å². The van der Waals surface area contributed by atoms with Crippen molar-refractivity contribution in [3.05, 3.63) is 48.5 Å². The first-order chi connectivity index (χ1) is 11.3. The molecular formula is C17H21N5S. The van der Waals surface area contributed by atoms with E-state index in [1.54, 1.807) is 18.7 Å². The Kier molecular flexibility index (Phi) is 5.37. The molecule has 5 nitrogen and oxygen atoms in total.